The summed E-state index contributed by atoms with van der Waals surface area (Å²) in [4.78, 5) is 12.9. The zero-order valence-electron chi connectivity index (χ0n) is 14.7. The Balaban J connectivity index is 1.76. The minimum absolute atomic E-state index is 0.103. The van der Waals surface area contributed by atoms with Crippen molar-refractivity contribution in [2.75, 3.05) is 14.2 Å². The van der Waals surface area contributed by atoms with Crippen molar-refractivity contribution >= 4 is 5.91 Å². The van der Waals surface area contributed by atoms with E-state index in [-0.39, 0.29) is 5.91 Å². The van der Waals surface area contributed by atoms with Gasteiger partial charge < -0.3 is 19.9 Å². The molecule has 1 aliphatic rings. The largest absolute Gasteiger partial charge is 0.497 e. The fraction of sp³-hybridized carbons (Fsp3) is 0.444. The number of carbonyl (C=O) groups is 1. The average Bonchev–Trinajstić information content (AvgIpc) is 2.96. The fourth-order valence-corrected chi connectivity index (χ4v) is 3.36. The first-order chi connectivity index (χ1) is 12.0. The van der Waals surface area contributed by atoms with Gasteiger partial charge in [0, 0.05) is 19.8 Å². The summed E-state index contributed by atoms with van der Waals surface area (Å²) in [5, 5.41) is 17.0. The maximum absolute atomic E-state index is 12.9. The summed E-state index contributed by atoms with van der Waals surface area (Å²) in [6.45, 7) is 0.323. The first-order valence-electron chi connectivity index (χ1n) is 8.16. The van der Waals surface area contributed by atoms with E-state index in [4.69, 9.17) is 9.47 Å². The summed E-state index contributed by atoms with van der Waals surface area (Å²) in [6, 6.07) is 7.43. The lowest BCUT2D eigenvalue weighted by molar-refractivity contribution is -0.135. The second-order valence-electron chi connectivity index (χ2n) is 6.39. The third kappa shape index (κ3) is 3.19. The fourth-order valence-electron chi connectivity index (χ4n) is 3.36. The third-order valence-corrected chi connectivity index (χ3v) is 4.74. The van der Waals surface area contributed by atoms with E-state index in [9.17, 15) is 9.90 Å². The van der Waals surface area contributed by atoms with Crippen LogP contribution in [0.2, 0.25) is 0 Å². The van der Waals surface area contributed by atoms with E-state index in [2.05, 4.69) is 10.4 Å². The summed E-state index contributed by atoms with van der Waals surface area (Å²) in [7, 11) is 4.95. The Labute approximate surface area is 146 Å². The molecule has 0 radical (unpaired) electrons. The maximum Gasteiger partial charge on any atom is 0.237 e. The average molecular weight is 345 g/mol. The number of aromatic nitrogens is 2. The summed E-state index contributed by atoms with van der Waals surface area (Å²) >= 11 is 0. The maximum atomic E-state index is 12.9. The van der Waals surface area contributed by atoms with E-state index >= 15 is 0 Å². The predicted octanol–water partition coefficient (Wildman–Crippen LogP) is 1.15. The number of hydrogen-bond acceptors (Lipinski definition) is 5. The van der Waals surface area contributed by atoms with Crippen molar-refractivity contribution in [1.29, 1.82) is 0 Å². The summed E-state index contributed by atoms with van der Waals surface area (Å²) in [5.74, 6) is 1.13. The zero-order valence-corrected chi connectivity index (χ0v) is 14.7. The lowest BCUT2D eigenvalue weighted by Gasteiger charge is -2.44. The predicted molar refractivity (Wildman–Crippen MR) is 91.5 cm³/mol. The van der Waals surface area contributed by atoms with Crippen LogP contribution in [-0.4, -0.2) is 41.1 Å². The molecule has 1 saturated carbocycles. The summed E-state index contributed by atoms with van der Waals surface area (Å²) < 4.78 is 12.0. The van der Waals surface area contributed by atoms with Crippen molar-refractivity contribution in [1.82, 2.24) is 15.1 Å². The molecule has 1 fully saturated rings. The van der Waals surface area contributed by atoms with Crippen molar-refractivity contribution in [3.63, 3.8) is 0 Å². The summed E-state index contributed by atoms with van der Waals surface area (Å²) in [5.41, 5.74) is 0.985. The van der Waals surface area contributed by atoms with Gasteiger partial charge in [-0.25, -0.2) is 0 Å². The second kappa shape index (κ2) is 6.76. The van der Waals surface area contributed by atoms with Crippen molar-refractivity contribution in [3.8, 4) is 11.6 Å². The van der Waals surface area contributed by atoms with Gasteiger partial charge in [-0.15, -0.1) is 5.10 Å². The van der Waals surface area contributed by atoms with E-state index in [0.717, 1.165) is 16.9 Å². The molecule has 0 bridgehead atoms. The lowest BCUT2D eigenvalue weighted by Crippen LogP contribution is -2.55. The minimum Gasteiger partial charge on any atom is -0.497 e. The highest BCUT2D eigenvalue weighted by Gasteiger charge is 2.50. The number of aliphatic hydroxyl groups excluding tert-OH is 1. The third-order valence-electron chi connectivity index (χ3n) is 4.74. The highest BCUT2D eigenvalue weighted by molar-refractivity contribution is 5.89. The number of methoxy groups -OCH3 is 2. The van der Waals surface area contributed by atoms with Gasteiger partial charge in [-0.1, -0.05) is 12.1 Å². The molecule has 0 aliphatic heterocycles. The minimum atomic E-state index is -0.707. The van der Waals surface area contributed by atoms with Crippen molar-refractivity contribution in [3.05, 3.63) is 41.6 Å². The molecule has 2 N–H and O–H groups in total. The Bertz CT molecular complexity index is 748. The van der Waals surface area contributed by atoms with E-state index in [0.29, 0.717) is 25.3 Å². The Morgan fingerprint density at radius 1 is 1.32 bits per heavy atom. The van der Waals surface area contributed by atoms with Crippen molar-refractivity contribution < 1.29 is 19.4 Å². The standard InChI is InChI=1S/C18H23N3O4/c1-21-11-12(16(20-21)25-3)10-19-17(23)18(8-14(22)9-18)13-4-6-15(24-2)7-5-13/h4-7,11,14,22H,8-10H2,1-3H3,(H,19,23). The molecule has 7 heteroatoms. The van der Waals surface area contributed by atoms with Gasteiger partial charge in [0.25, 0.3) is 0 Å². The molecule has 1 aromatic heterocycles. The van der Waals surface area contributed by atoms with Gasteiger partial charge in [-0.2, -0.15) is 0 Å². The molecule has 0 unspecified atom stereocenters. The first kappa shape index (κ1) is 17.3. The summed E-state index contributed by atoms with van der Waals surface area (Å²) in [6.07, 6.45) is 2.18. The Kier molecular flexibility index (Phi) is 4.67. The molecule has 1 amide bonds. The number of ether oxygens (including phenoxy) is 2. The SMILES string of the molecule is COc1ccc(C2(C(=O)NCc3cn(C)nc3OC)CC(O)C2)cc1. The van der Waals surface area contributed by atoms with Crippen LogP contribution in [0.1, 0.15) is 24.0 Å². The van der Waals surface area contributed by atoms with E-state index in [1.165, 1.54) is 0 Å². The molecule has 1 aliphatic carbocycles. The number of benzene rings is 1. The molecule has 134 valence electrons. The van der Waals surface area contributed by atoms with E-state index < -0.39 is 11.5 Å². The van der Waals surface area contributed by atoms with Gasteiger partial charge in [-0.05, 0) is 30.5 Å². The number of nitrogens with one attached hydrogen (secondary N) is 1. The number of hydrogen-bond donors (Lipinski definition) is 2. The molecule has 0 saturated heterocycles. The molecule has 0 spiro atoms. The topological polar surface area (TPSA) is 85.6 Å². The lowest BCUT2D eigenvalue weighted by atomic mass is 9.62. The zero-order chi connectivity index (χ0) is 18.0. The van der Waals surface area contributed by atoms with Crippen LogP contribution in [0.15, 0.2) is 30.5 Å². The van der Waals surface area contributed by atoms with Crippen LogP contribution in [0.5, 0.6) is 11.6 Å². The number of aliphatic hydroxyl groups is 1. The molecule has 3 rings (SSSR count). The van der Waals surface area contributed by atoms with Gasteiger partial charge in [0.05, 0.1) is 31.3 Å². The van der Waals surface area contributed by atoms with E-state index in [1.807, 2.05) is 30.5 Å². The molecule has 0 atom stereocenters. The van der Waals surface area contributed by atoms with Crippen LogP contribution in [-0.2, 0) is 23.8 Å². The molecule has 2 aromatic rings. The molecule has 1 aromatic carbocycles. The Morgan fingerprint density at radius 3 is 2.56 bits per heavy atom. The van der Waals surface area contributed by atoms with Crippen LogP contribution in [0.3, 0.4) is 0 Å². The molecule has 25 heavy (non-hydrogen) atoms. The first-order valence-corrected chi connectivity index (χ1v) is 8.16. The van der Waals surface area contributed by atoms with Gasteiger partial charge in [0.1, 0.15) is 5.75 Å². The Hall–Kier alpha value is -2.54. The van der Waals surface area contributed by atoms with Gasteiger partial charge in [0.15, 0.2) is 0 Å². The number of aryl methyl sites for hydroxylation is 1. The highest BCUT2D eigenvalue weighted by atomic mass is 16.5. The van der Waals surface area contributed by atoms with Gasteiger partial charge >= 0.3 is 0 Å². The second-order valence-corrected chi connectivity index (χ2v) is 6.39. The van der Waals surface area contributed by atoms with Crippen LogP contribution >= 0.6 is 0 Å². The van der Waals surface area contributed by atoms with Crippen LogP contribution in [0.25, 0.3) is 0 Å². The van der Waals surface area contributed by atoms with E-state index in [1.54, 1.807) is 25.9 Å². The number of rotatable bonds is 6. The van der Waals surface area contributed by atoms with Crippen molar-refractivity contribution in [2.24, 2.45) is 7.05 Å². The molecular weight excluding hydrogens is 322 g/mol. The molecule has 7 nitrogen and oxygen atoms in total. The monoisotopic (exact) mass is 345 g/mol. The van der Waals surface area contributed by atoms with Crippen molar-refractivity contribution in [2.45, 2.75) is 30.9 Å². The van der Waals surface area contributed by atoms with Gasteiger partial charge in [0.2, 0.25) is 11.8 Å². The number of amides is 1. The normalized spacial score (nSPS) is 22.2. The molecule has 1 heterocycles. The smallest absolute Gasteiger partial charge is 0.237 e. The van der Waals surface area contributed by atoms with Crippen LogP contribution < -0.4 is 14.8 Å². The number of nitrogens with zero attached hydrogens (tertiary/aromatic N) is 2. The highest BCUT2D eigenvalue weighted by Crippen LogP contribution is 2.44. The quantitative estimate of drug-likeness (QED) is 0.820. The van der Waals surface area contributed by atoms with Gasteiger partial charge in [-0.3, -0.25) is 9.48 Å². The number of carbonyl (C=O) groups excluding carboxylic acids is 1. The van der Waals surface area contributed by atoms with Crippen LogP contribution in [0.4, 0.5) is 0 Å². The molecular formula is C18H23N3O4. The Morgan fingerprint density at radius 2 is 2.00 bits per heavy atom. The van der Waals surface area contributed by atoms with Crippen LogP contribution in [0, 0.1) is 0 Å².